The molecule has 3 heteroatoms. The fourth-order valence-corrected chi connectivity index (χ4v) is 1.14. The van der Waals surface area contributed by atoms with Gasteiger partial charge >= 0.3 is 0 Å². The molecule has 13 heavy (non-hydrogen) atoms. The minimum atomic E-state index is -0.212. The third-order valence-corrected chi connectivity index (χ3v) is 1.86. The van der Waals surface area contributed by atoms with Crippen molar-refractivity contribution in [2.24, 2.45) is 0 Å². The first-order valence-electron chi connectivity index (χ1n) is 4.01. The first-order chi connectivity index (χ1) is 6.25. The van der Waals surface area contributed by atoms with Crippen molar-refractivity contribution in [3.63, 3.8) is 0 Å². The standard InChI is InChI=1S/C10H9NO2/c1-7-2-4-8(5-3-7)9-6-10(12)11-13-9/h2-6H,1H3,(H,11,12). The number of aromatic nitrogens is 1. The molecule has 3 nitrogen and oxygen atoms in total. The Morgan fingerprint density at radius 1 is 1.23 bits per heavy atom. The fourth-order valence-electron chi connectivity index (χ4n) is 1.14. The van der Waals surface area contributed by atoms with Crippen molar-refractivity contribution in [3.05, 3.63) is 46.2 Å². The van der Waals surface area contributed by atoms with Crippen LogP contribution in [0.4, 0.5) is 0 Å². The monoisotopic (exact) mass is 175 g/mol. The molecule has 0 atom stereocenters. The van der Waals surface area contributed by atoms with Gasteiger partial charge in [-0.25, -0.2) is 0 Å². The Hall–Kier alpha value is -1.77. The smallest absolute Gasteiger partial charge is 0.280 e. The van der Waals surface area contributed by atoms with E-state index in [1.54, 1.807) is 0 Å². The number of aryl methyl sites for hydroxylation is 1. The molecule has 0 fully saturated rings. The van der Waals surface area contributed by atoms with Crippen LogP contribution >= 0.6 is 0 Å². The zero-order valence-corrected chi connectivity index (χ0v) is 7.20. The van der Waals surface area contributed by atoms with E-state index in [-0.39, 0.29) is 5.56 Å². The van der Waals surface area contributed by atoms with E-state index < -0.39 is 0 Å². The van der Waals surface area contributed by atoms with Gasteiger partial charge in [-0.15, -0.1) is 0 Å². The van der Waals surface area contributed by atoms with Gasteiger partial charge in [-0.3, -0.25) is 4.79 Å². The summed E-state index contributed by atoms with van der Waals surface area (Å²) in [4.78, 5) is 10.8. The molecule has 0 saturated carbocycles. The average Bonchev–Trinajstić information content (AvgIpc) is 2.53. The van der Waals surface area contributed by atoms with E-state index in [1.807, 2.05) is 31.2 Å². The van der Waals surface area contributed by atoms with E-state index in [1.165, 1.54) is 11.6 Å². The van der Waals surface area contributed by atoms with E-state index in [0.717, 1.165) is 5.56 Å². The second kappa shape index (κ2) is 2.94. The zero-order valence-electron chi connectivity index (χ0n) is 7.20. The van der Waals surface area contributed by atoms with Crippen LogP contribution in [0.25, 0.3) is 11.3 Å². The number of hydrogen-bond donors (Lipinski definition) is 1. The Balaban J connectivity index is 2.47. The van der Waals surface area contributed by atoms with E-state index in [9.17, 15) is 4.79 Å². The van der Waals surface area contributed by atoms with Crippen LogP contribution in [-0.4, -0.2) is 5.16 Å². The van der Waals surface area contributed by atoms with Crippen LogP contribution in [0.5, 0.6) is 0 Å². The second-order valence-electron chi connectivity index (χ2n) is 2.94. The topological polar surface area (TPSA) is 46.0 Å². The van der Waals surface area contributed by atoms with Crippen LogP contribution in [0, 0.1) is 6.92 Å². The predicted octanol–water partition coefficient (Wildman–Crippen LogP) is 1.94. The van der Waals surface area contributed by atoms with Gasteiger partial charge in [-0.2, -0.15) is 5.16 Å². The Morgan fingerprint density at radius 2 is 1.92 bits per heavy atom. The molecular formula is C10H9NO2. The minimum absolute atomic E-state index is 0.212. The summed E-state index contributed by atoms with van der Waals surface area (Å²) in [6.45, 7) is 2.01. The summed E-state index contributed by atoms with van der Waals surface area (Å²) in [6, 6.07) is 9.22. The van der Waals surface area contributed by atoms with Crippen LogP contribution in [0.3, 0.4) is 0 Å². The Bertz CT molecular complexity index is 450. The van der Waals surface area contributed by atoms with Crippen molar-refractivity contribution in [2.45, 2.75) is 6.92 Å². The molecule has 1 heterocycles. The number of hydrogen-bond acceptors (Lipinski definition) is 2. The lowest BCUT2D eigenvalue weighted by Crippen LogP contribution is -1.92. The summed E-state index contributed by atoms with van der Waals surface area (Å²) in [6.07, 6.45) is 0. The second-order valence-corrected chi connectivity index (χ2v) is 2.94. The molecule has 0 radical (unpaired) electrons. The zero-order chi connectivity index (χ0) is 9.26. The quantitative estimate of drug-likeness (QED) is 0.719. The summed E-state index contributed by atoms with van der Waals surface area (Å²) in [7, 11) is 0. The van der Waals surface area contributed by atoms with Crippen LogP contribution in [0.2, 0.25) is 0 Å². The molecule has 1 aromatic heterocycles. The highest BCUT2D eigenvalue weighted by atomic mass is 16.5. The van der Waals surface area contributed by atoms with Crippen molar-refractivity contribution >= 4 is 0 Å². The molecule has 2 aromatic rings. The molecule has 0 amide bonds. The first-order valence-corrected chi connectivity index (χ1v) is 4.01. The number of rotatable bonds is 1. The summed E-state index contributed by atoms with van der Waals surface area (Å²) in [5, 5.41) is 2.25. The Labute approximate surface area is 75.0 Å². The fraction of sp³-hybridized carbons (Fsp3) is 0.100. The maximum atomic E-state index is 10.8. The van der Waals surface area contributed by atoms with Crippen molar-refractivity contribution in [1.82, 2.24) is 5.16 Å². The average molecular weight is 175 g/mol. The van der Waals surface area contributed by atoms with Crippen molar-refractivity contribution < 1.29 is 4.52 Å². The molecule has 0 saturated heterocycles. The predicted molar refractivity (Wildman–Crippen MR) is 49.5 cm³/mol. The Kier molecular flexibility index (Phi) is 1.77. The van der Waals surface area contributed by atoms with Gasteiger partial charge in [0, 0.05) is 5.56 Å². The lowest BCUT2D eigenvalue weighted by atomic mass is 10.1. The van der Waals surface area contributed by atoms with Gasteiger partial charge in [0.25, 0.3) is 5.56 Å². The minimum Gasteiger partial charge on any atom is -0.378 e. The van der Waals surface area contributed by atoms with Crippen molar-refractivity contribution in [3.8, 4) is 11.3 Å². The van der Waals surface area contributed by atoms with Crippen molar-refractivity contribution in [2.75, 3.05) is 0 Å². The number of nitrogens with one attached hydrogen (secondary N) is 1. The third-order valence-electron chi connectivity index (χ3n) is 1.86. The van der Waals surface area contributed by atoms with Crippen LogP contribution in [0.1, 0.15) is 5.56 Å². The lowest BCUT2D eigenvalue weighted by Gasteiger charge is -1.94. The maximum Gasteiger partial charge on any atom is 0.280 e. The molecular weight excluding hydrogens is 166 g/mol. The van der Waals surface area contributed by atoms with Crippen LogP contribution in [-0.2, 0) is 0 Å². The molecule has 0 aliphatic rings. The number of benzene rings is 1. The highest BCUT2D eigenvalue weighted by Gasteiger charge is 2.01. The molecule has 0 aliphatic carbocycles. The molecule has 0 bridgehead atoms. The summed E-state index contributed by atoms with van der Waals surface area (Å²) < 4.78 is 4.95. The van der Waals surface area contributed by atoms with Gasteiger partial charge in [0.2, 0.25) is 0 Å². The van der Waals surface area contributed by atoms with Crippen LogP contribution in [0.15, 0.2) is 39.6 Å². The molecule has 0 unspecified atom stereocenters. The lowest BCUT2D eigenvalue weighted by molar-refractivity contribution is 0.426. The molecule has 1 N–H and O–H groups in total. The molecule has 66 valence electrons. The summed E-state index contributed by atoms with van der Waals surface area (Å²) in [5.41, 5.74) is 1.88. The highest BCUT2D eigenvalue weighted by Crippen LogP contribution is 2.16. The largest absolute Gasteiger partial charge is 0.378 e. The number of aromatic amines is 1. The van der Waals surface area contributed by atoms with Gasteiger partial charge in [0.05, 0.1) is 6.07 Å². The van der Waals surface area contributed by atoms with Crippen LogP contribution < -0.4 is 5.56 Å². The molecule has 0 spiro atoms. The first kappa shape index (κ1) is 7.86. The van der Waals surface area contributed by atoms with E-state index in [0.29, 0.717) is 5.76 Å². The highest BCUT2D eigenvalue weighted by molar-refractivity contribution is 5.56. The van der Waals surface area contributed by atoms with E-state index in [4.69, 9.17) is 4.52 Å². The molecule has 1 aromatic carbocycles. The van der Waals surface area contributed by atoms with E-state index in [2.05, 4.69) is 5.16 Å². The van der Waals surface area contributed by atoms with Gasteiger partial charge < -0.3 is 4.52 Å². The third kappa shape index (κ3) is 1.54. The summed E-state index contributed by atoms with van der Waals surface area (Å²) >= 11 is 0. The molecule has 0 aliphatic heterocycles. The van der Waals surface area contributed by atoms with Gasteiger partial charge in [-0.1, -0.05) is 29.8 Å². The number of H-pyrrole nitrogens is 1. The normalized spacial score (nSPS) is 10.2. The van der Waals surface area contributed by atoms with Gasteiger partial charge in [0.15, 0.2) is 5.76 Å². The maximum absolute atomic E-state index is 10.8. The van der Waals surface area contributed by atoms with Gasteiger partial charge in [-0.05, 0) is 6.92 Å². The Morgan fingerprint density at radius 3 is 2.46 bits per heavy atom. The van der Waals surface area contributed by atoms with E-state index >= 15 is 0 Å². The summed E-state index contributed by atoms with van der Waals surface area (Å²) in [5.74, 6) is 0.574. The van der Waals surface area contributed by atoms with Crippen molar-refractivity contribution in [1.29, 1.82) is 0 Å². The SMILES string of the molecule is Cc1ccc(-c2cc(=O)[nH]o2)cc1. The van der Waals surface area contributed by atoms with Gasteiger partial charge in [0.1, 0.15) is 0 Å². The molecule has 2 rings (SSSR count).